The highest BCUT2D eigenvalue weighted by Gasteiger charge is 2.09. The van der Waals surface area contributed by atoms with E-state index in [0.717, 1.165) is 18.8 Å². The van der Waals surface area contributed by atoms with Gasteiger partial charge in [0.15, 0.2) is 0 Å². The molecular weight excluding hydrogens is 194 g/mol. The average Bonchev–Trinajstić information content (AvgIpc) is 2.60. The third kappa shape index (κ3) is 3.71. The molecule has 0 aliphatic rings. The van der Waals surface area contributed by atoms with Gasteiger partial charge in [0.1, 0.15) is 0 Å². The van der Waals surface area contributed by atoms with Gasteiger partial charge >= 0.3 is 0 Å². The Morgan fingerprint density at radius 1 is 1.53 bits per heavy atom. The molecule has 1 amide bonds. The standard InChI is InChI=1S/C10H17N3O2/c1-4-13(5-2)7-9(14)11-10-6-8(3)12-15-10/h6H,4-5,7H2,1-3H3,(H,11,14). The molecule has 84 valence electrons. The number of aryl methyl sites for hydroxylation is 1. The summed E-state index contributed by atoms with van der Waals surface area (Å²) in [5.74, 6) is 0.333. The van der Waals surface area contributed by atoms with E-state index in [0.29, 0.717) is 12.4 Å². The summed E-state index contributed by atoms with van der Waals surface area (Å²) in [6.07, 6.45) is 0. The summed E-state index contributed by atoms with van der Waals surface area (Å²) >= 11 is 0. The number of amides is 1. The molecule has 0 saturated heterocycles. The van der Waals surface area contributed by atoms with Crippen LogP contribution in [0.25, 0.3) is 0 Å². The molecule has 0 aliphatic carbocycles. The Morgan fingerprint density at radius 2 is 2.20 bits per heavy atom. The van der Waals surface area contributed by atoms with Crippen molar-refractivity contribution in [1.82, 2.24) is 10.1 Å². The molecule has 1 N–H and O–H groups in total. The van der Waals surface area contributed by atoms with Gasteiger partial charge in [-0.15, -0.1) is 0 Å². The van der Waals surface area contributed by atoms with Gasteiger partial charge in [0.25, 0.3) is 0 Å². The van der Waals surface area contributed by atoms with E-state index in [9.17, 15) is 4.79 Å². The molecule has 0 bridgehead atoms. The normalized spacial score (nSPS) is 10.7. The molecule has 5 nitrogen and oxygen atoms in total. The summed E-state index contributed by atoms with van der Waals surface area (Å²) in [5.41, 5.74) is 0.758. The number of carbonyl (C=O) groups excluding carboxylic acids is 1. The number of likely N-dealkylation sites (N-methyl/N-ethyl adjacent to an activating group) is 1. The largest absolute Gasteiger partial charge is 0.338 e. The van der Waals surface area contributed by atoms with Crippen LogP contribution in [0.2, 0.25) is 0 Å². The highest BCUT2D eigenvalue weighted by molar-refractivity contribution is 5.90. The zero-order valence-corrected chi connectivity index (χ0v) is 9.41. The van der Waals surface area contributed by atoms with E-state index in [4.69, 9.17) is 4.52 Å². The van der Waals surface area contributed by atoms with Crippen LogP contribution in [0.1, 0.15) is 19.5 Å². The van der Waals surface area contributed by atoms with Crippen LogP contribution >= 0.6 is 0 Å². The number of aromatic nitrogens is 1. The maximum Gasteiger partial charge on any atom is 0.240 e. The molecule has 0 spiro atoms. The van der Waals surface area contributed by atoms with Crippen molar-refractivity contribution >= 4 is 11.8 Å². The quantitative estimate of drug-likeness (QED) is 0.796. The molecule has 15 heavy (non-hydrogen) atoms. The SMILES string of the molecule is CCN(CC)CC(=O)Nc1cc(C)no1. The number of anilines is 1. The minimum absolute atomic E-state index is 0.0742. The summed E-state index contributed by atoms with van der Waals surface area (Å²) < 4.78 is 4.88. The Labute approximate surface area is 89.4 Å². The van der Waals surface area contributed by atoms with E-state index in [1.807, 2.05) is 25.7 Å². The molecule has 1 aromatic rings. The number of rotatable bonds is 5. The lowest BCUT2D eigenvalue weighted by molar-refractivity contribution is -0.117. The predicted molar refractivity (Wildman–Crippen MR) is 57.7 cm³/mol. The van der Waals surface area contributed by atoms with Gasteiger partial charge in [-0.25, -0.2) is 0 Å². The highest BCUT2D eigenvalue weighted by Crippen LogP contribution is 2.07. The predicted octanol–water partition coefficient (Wildman–Crippen LogP) is 1.26. The van der Waals surface area contributed by atoms with Crippen molar-refractivity contribution in [1.29, 1.82) is 0 Å². The zero-order chi connectivity index (χ0) is 11.3. The Hall–Kier alpha value is -1.36. The molecule has 0 saturated carbocycles. The molecule has 0 aromatic carbocycles. The zero-order valence-electron chi connectivity index (χ0n) is 9.41. The van der Waals surface area contributed by atoms with Crippen LogP contribution in [-0.2, 0) is 4.79 Å². The maximum absolute atomic E-state index is 11.5. The van der Waals surface area contributed by atoms with Crippen LogP contribution in [0.15, 0.2) is 10.6 Å². The molecule has 1 aromatic heterocycles. The molecule has 0 radical (unpaired) electrons. The lowest BCUT2D eigenvalue weighted by Gasteiger charge is -2.16. The Morgan fingerprint density at radius 3 is 2.67 bits per heavy atom. The number of nitrogens with zero attached hydrogens (tertiary/aromatic N) is 2. The average molecular weight is 211 g/mol. The van der Waals surface area contributed by atoms with Gasteiger partial charge in [0, 0.05) is 6.07 Å². The lowest BCUT2D eigenvalue weighted by Crippen LogP contribution is -2.32. The molecule has 1 rings (SSSR count). The summed E-state index contributed by atoms with van der Waals surface area (Å²) in [7, 11) is 0. The van der Waals surface area contributed by atoms with E-state index < -0.39 is 0 Å². The third-order valence-corrected chi connectivity index (χ3v) is 2.15. The van der Waals surface area contributed by atoms with Crippen molar-refractivity contribution in [3.8, 4) is 0 Å². The van der Waals surface area contributed by atoms with Crippen molar-refractivity contribution in [2.45, 2.75) is 20.8 Å². The fraction of sp³-hybridized carbons (Fsp3) is 0.600. The fourth-order valence-corrected chi connectivity index (χ4v) is 1.25. The van der Waals surface area contributed by atoms with E-state index >= 15 is 0 Å². The minimum Gasteiger partial charge on any atom is -0.338 e. The lowest BCUT2D eigenvalue weighted by atomic mass is 10.4. The third-order valence-electron chi connectivity index (χ3n) is 2.15. The molecule has 0 aliphatic heterocycles. The van der Waals surface area contributed by atoms with E-state index in [1.54, 1.807) is 6.07 Å². The van der Waals surface area contributed by atoms with E-state index in [2.05, 4.69) is 10.5 Å². The number of carbonyl (C=O) groups is 1. The molecule has 0 fully saturated rings. The minimum atomic E-state index is -0.0742. The van der Waals surface area contributed by atoms with Crippen LogP contribution in [0.3, 0.4) is 0 Å². The van der Waals surface area contributed by atoms with Crippen molar-refractivity contribution in [3.05, 3.63) is 11.8 Å². The first-order chi connectivity index (χ1) is 7.15. The highest BCUT2D eigenvalue weighted by atomic mass is 16.5. The van der Waals surface area contributed by atoms with Gasteiger partial charge in [0.2, 0.25) is 11.8 Å². The smallest absolute Gasteiger partial charge is 0.240 e. The maximum atomic E-state index is 11.5. The first-order valence-electron chi connectivity index (χ1n) is 5.11. The summed E-state index contributed by atoms with van der Waals surface area (Å²) in [4.78, 5) is 13.5. The first kappa shape index (κ1) is 11.7. The number of hydrogen-bond donors (Lipinski definition) is 1. The summed E-state index contributed by atoms with van der Waals surface area (Å²) in [6, 6.07) is 1.69. The second-order valence-electron chi connectivity index (χ2n) is 3.34. The Bertz CT molecular complexity index is 318. The van der Waals surface area contributed by atoms with E-state index in [1.165, 1.54) is 0 Å². The number of nitrogens with one attached hydrogen (secondary N) is 1. The fourth-order valence-electron chi connectivity index (χ4n) is 1.25. The molecule has 0 atom stereocenters. The Kier molecular flexibility index (Phi) is 4.30. The van der Waals surface area contributed by atoms with Crippen molar-refractivity contribution in [2.75, 3.05) is 25.0 Å². The van der Waals surface area contributed by atoms with Gasteiger partial charge < -0.3 is 4.52 Å². The topological polar surface area (TPSA) is 58.4 Å². The van der Waals surface area contributed by atoms with Gasteiger partial charge in [-0.2, -0.15) is 0 Å². The van der Waals surface area contributed by atoms with Gasteiger partial charge in [-0.1, -0.05) is 19.0 Å². The molecule has 1 heterocycles. The summed E-state index contributed by atoms with van der Waals surface area (Å²) in [5, 5.41) is 6.34. The van der Waals surface area contributed by atoms with Gasteiger partial charge in [0.05, 0.1) is 12.2 Å². The van der Waals surface area contributed by atoms with Crippen LogP contribution in [0, 0.1) is 6.92 Å². The van der Waals surface area contributed by atoms with Crippen molar-refractivity contribution < 1.29 is 9.32 Å². The molecular formula is C10H17N3O2. The molecule has 0 unspecified atom stereocenters. The Balaban J connectivity index is 2.42. The monoisotopic (exact) mass is 211 g/mol. The summed E-state index contributed by atoms with van der Waals surface area (Å²) in [6.45, 7) is 7.96. The van der Waals surface area contributed by atoms with Crippen LogP contribution in [0.4, 0.5) is 5.88 Å². The second kappa shape index (κ2) is 5.50. The van der Waals surface area contributed by atoms with Crippen LogP contribution < -0.4 is 5.32 Å². The second-order valence-corrected chi connectivity index (χ2v) is 3.34. The van der Waals surface area contributed by atoms with Crippen LogP contribution in [0.5, 0.6) is 0 Å². The van der Waals surface area contributed by atoms with Crippen LogP contribution in [-0.4, -0.2) is 35.6 Å². The first-order valence-corrected chi connectivity index (χ1v) is 5.11. The van der Waals surface area contributed by atoms with Crippen molar-refractivity contribution in [2.24, 2.45) is 0 Å². The van der Waals surface area contributed by atoms with Gasteiger partial charge in [-0.05, 0) is 20.0 Å². The van der Waals surface area contributed by atoms with E-state index in [-0.39, 0.29) is 5.91 Å². The number of hydrogen-bond acceptors (Lipinski definition) is 4. The molecule has 5 heteroatoms. The van der Waals surface area contributed by atoms with Crippen molar-refractivity contribution in [3.63, 3.8) is 0 Å². The van der Waals surface area contributed by atoms with Gasteiger partial charge in [-0.3, -0.25) is 15.0 Å².